The molecule has 26 heavy (non-hydrogen) atoms. The molecule has 0 saturated heterocycles. The van der Waals surface area contributed by atoms with Crippen molar-refractivity contribution in [3.8, 4) is 28.5 Å². The SMILES string of the molecule is COc1cc(-c2csc(NC(=O)c3ccncc3)n2)cc(OC)c1OC. The molecule has 0 radical (unpaired) electrons. The van der Waals surface area contributed by atoms with Gasteiger partial charge in [-0.1, -0.05) is 0 Å². The summed E-state index contributed by atoms with van der Waals surface area (Å²) in [5.41, 5.74) is 2.00. The highest BCUT2D eigenvalue weighted by atomic mass is 32.1. The Morgan fingerprint density at radius 2 is 1.69 bits per heavy atom. The molecule has 1 N–H and O–H groups in total. The van der Waals surface area contributed by atoms with Crippen molar-refractivity contribution in [3.05, 3.63) is 47.6 Å². The summed E-state index contributed by atoms with van der Waals surface area (Å²) in [5.74, 6) is 1.35. The first-order valence-corrected chi connectivity index (χ1v) is 8.51. The molecule has 3 rings (SSSR count). The van der Waals surface area contributed by atoms with E-state index in [-0.39, 0.29) is 5.91 Å². The predicted octanol–water partition coefficient (Wildman–Crippen LogP) is 3.48. The monoisotopic (exact) mass is 371 g/mol. The van der Waals surface area contributed by atoms with E-state index in [2.05, 4.69) is 15.3 Å². The summed E-state index contributed by atoms with van der Waals surface area (Å²) in [6, 6.07) is 6.90. The van der Waals surface area contributed by atoms with Gasteiger partial charge in [0.25, 0.3) is 5.91 Å². The number of pyridine rings is 1. The quantitative estimate of drug-likeness (QED) is 0.714. The number of methoxy groups -OCH3 is 3. The van der Waals surface area contributed by atoms with Gasteiger partial charge in [-0.25, -0.2) is 4.98 Å². The van der Waals surface area contributed by atoms with E-state index in [0.717, 1.165) is 5.56 Å². The molecule has 0 atom stereocenters. The molecule has 2 heterocycles. The molecule has 1 amide bonds. The van der Waals surface area contributed by atoms with E-state index in [4.69, 9.17) is 14.2 Å². The van der Waals surface area contributed by atoms with Gasteiger partial charge >= 0.3 is 0 Å². The summed E-state index contributed by atoms with van der Waals surface area (Å²) >= 11 is 1.33. The third-order valence-electron chi connectivity index (χ3n) is 3.63. The van der Waals surface area contributed by atoms with Crippen molar-refractivity contribution in [3.63, 3.8) is 0 Å². The molecular weight excluding hydrogens is 354 g/mol. The van der Waals surface area contributed by atoms with Gasteiger partial charge in [-0.05, 0) is 24.3 Å². The van der Waals surface area contributed by atoms with Crippen LogP contribution in [0.5, 0.6) is 17.2 Å². The maximum Gasteiger partial charge on any atom is 0.257 e. The number of hydrogen-bond donors (Lipinski definition) is 1. The number of carbonyl (C=O) groups is 1. The Bertz CT molecular complexity index is 887. The Hall–Kier alpha value is -3.13. The van der Waals surface area contributed by atoms with E-state index < -0.39 is 0 Å². The van der Waals surface area contributed by atoms with Crippen LogP contribution in [-0.4, -0.2) is 37.2 Å². The number of nitrogens with one attached hydrogen (secondary N) is 1. The number of thiazole rings is 1. The zero-order valence-electron chi connectivity index (χ0n) is 14.5. The predicted molar refractivity (Wildman–Crippen MR) is 99.4 cm³/mol. The van der Waals surface area contributed by atoms with Crippen LogP contribution in [0, 0.1) is 0 Å². The number of rotatable bonds is 6. The molecule has 0 fully saturated rings. The van der Waals surface area contributed by atoms with Crippen LogP contribution in [0.1, 0.15) is 10.4 Å². The Morgan fingerprint density at radius 1 is 1.04 bits per heavy atom. The average molecular weight is 371 g/mol. The number of hydrogen-bond acceptors (Lipinski definition) is 7. The van der Waals surface area contributed by atoms with Crippen molar-refractivity contribution in [1.29, 1.82) is 0 Å². The summed E-state index contributed by atoms with van der Waals surface area (Å²) in [6.45, 7) is 0. The number of anilines is 1. The molecule has 8 heteroatoms. The third-order valence-corrected chi connectivity index (χ3v) is 4.39. The Labute approximate surface area is 154 Å². The van der Waals surface area contributed by atoms with Crippen LogP contribution in [0.2, 0.25) is 0 Å². The van der Waals surface area contributed by atoms with Gasteiger partial charge in [-0.3, -0.25) is 15.1 Å². The molecule has 0 unspecified atom stereocenters. The zero-order chi connectivity index (χ0) is 18.5. The molecule has 0 saturated carbocycles. The maximum absolute atomic E-state index is 12.2. The highest BCUT2D eigenvalue weighted by Crippen LogP contribution is 2.41. The van der Waals surface area contributed by atoms with Crippen LogP contribution in [-0.2, 0) is 0 Å². The highest BCUT2D eigenvalue weighted by molar-refractivity contribution is 7.14. The minimum atomic E-state index is -0.238. The van der Waals surface area contributed by atoms with Crippen molar-refractivity contribution in [2.75, 3.05) is 26.6 Å². The van der Waals surface area contributed by atoms with E-state index in [1.54, 1.807) is 45.9 Å². The largest absolute Gasteiger partial charge is 0.493 e. The second-order valence-electron chi connectivity index (χ2n) is 5.14. The first-order valence-electron chi connectivity index (χ1n) is 7.63. The van der Waals surface area contributed by atoms with Gasteiger partial charge in [0.2, 0.25) is 5.75 Å². The second kappa shape index (κ2) is 7.83. The smallest absolute Gasteiger partial charge is 0.257 e. The Balaban J connectivity index is 1.87. The first kappa shape index (κ1) is 17.7. The minimum Gasteiger partial charge on any atom is -0.493 e. The van der Waals surface area contributed by atoms with Gasteiger partial charge in [0.15, 0.2) is 16.6 Å². The third kappa shape index (κ3) is 3.60. The standard InChI is InChI=1S/C18H17N3O4S/c1-23-14-8-12(9-15(24-2)16(14)25-3)13-10-26-18(20-13)21-17(22)11-4-6-19-7-5-11/h4-10H,1-3H3,(H,20,21,22). The van der Waals surface area contributed by atoms with Crippen LogP contribution in [0.4, 0.5) is 5.13 Å². The van der Waals surface area contributed by atoms with Crippen LogP contribution in [0.3, 0.4) is 0 Å². The van der Waals surface area contributed by atoms with Crippen molar-refractivity contribution in [1.82, 2.24) is 9.97 Å². The number of ether oxygens (including phenoxy) is 3. The van der Waals surface area contributed by atoms with Crippen LogP contribution >= 0.6 is 11.3 Å². The molecule has 0 bridgehead atoms. The van der Waals surface area contributed by atoms with Gasteiger partial charge in [0.1, 0.15) is 0 Å². The summed E-state index contributed by atoms with van der Waals surface area (Å²) in [7, 11) is 4.67. The van der Waals surface area contributed by atoms with E-state index in [0.29, 0.717) is 33.6 Å². The van der Waals surface area contributed by atoms with Crippen LogP contribution < -0.4 is 19.5 Å². The van der Waals surface area contributed by atoms with E-state index in [9.17, 15) is 4.79 Å². The lowest BCUT2D eigenvalue weighted by Crippen LogP contribution is -2.11. The summed E-state index contributed by atoms with van der Waals surface area (Å²) in [6.07, 6.45) is 3.14. The molecule has 0 aliphatic carbocycles. The second-order valence-corrected chi connectivity index (χ2v) is 6.00. The number of carbonyl (C=O) groups excluding carboxylic acids is 1. The number of aromatic nitrogens is 2. The van der Waals surface area contributed by atoms with E-state index >= 15 is 0 Å². The Morgan fingerprint density at radius 3 is 2.27 bits per heavy atom. The highest BCUT2D eigenvalue weighted by Gasteiger charge is 2.16. The molecule has 0 spiro atoms. The fourth-order valence-electron chi connectivity index (χ4n) is 2.37. The van der Waals surface area contributed by atoms with E-state index in [1.807, 2.05) is 17.5 Å². The Kier molecular flexibility index (Phi) is 5.33. The summed E-state index contributed by atoms with van der Waals surface area (Å²) in [4.78, 5) is 20.6. The van der Waals surface area contributed by atoms with Crippen molar-refractivity contribution in [2.24, 2.45) is 0 Å². The number of benzene rings is 1. The molecule has 0 aliphatic heterocycles. The molecule has 0 aliphatic rings. The fraction of sp³-hybridized carbons (Fsp3) is 0.167. The number of amides is 1. The fourth-order valence-corrected chi connectivity index (χ4v) is 3.08. The normalized spacial score (nSPS) is 10.3. The van der Waals surface area contributed by atoms with Gasteiger partial charge < -0.3 is 14.2 Å². The van der Waals surface area contributed by atoms with Crippen molar-refractivity contribution >= 4 is 22.4 Å². The van der Waals surface area contributed by atoms with Gasteiger partial charge in [0, 0.05) is 28.9 Å². The topological polar surface area (TPSA) is 82.6 Å². The molecule has 3 aromatic rings. The first-order chi connectivity index (χ1) is 12.7. The lowest BCUT2D eigenvalue weighted by Gasteiger charge is -2.13. The summed E-state index contributed by atoms with van der Waals surface area (Å²) in [5, 5.41) is 5.13. The van der Waals surface area contributed by atoms with Crippen LogP contribution in [0.25, 0.3) is 11.3 Å². The molecule has 134 valence electrons. The molecule has 1 aromatic carbocycles. The maximum atomic E-state index is 12.2. The molecular formula is C18H17N3O4S. The average Bonchev–Trinajstić information content (AvgIpc) is 3.15. The molecule has 2 aromatic heterocycles. The van der Waals surface area contributed by atoms with Crippen molar-refractivity contribution in [2.45, 2.75) is 0 Å². The van der Waals surface area contributed by atoms with Crippen LogP contribution in [0.15, 0.2) is 42.0 Å². The van der Waals surface area contributed by atoms with Gasteiger partial charge in [0.05, 0.1) is 27.0 Å². The van der Waals surface area contributed by atoms with Gasteiger partial charge in [-0.2, -0.15) is 0 Å². The minimum absolute atomic E-state index is 0.238. The van der Waals surface area contributed by atoms with Gasteiger partial charge in [-0.15, -0.1) is 11.3 Å². The summed E-state index contributed by atoms with van der Waals surface area (Å²) < 4.78 is 16.1. The molecule has 7 nitrogen and oxygen atoms in total. The number of nitrogens with zero attached hydrogens (tertiary/aromatic N) is 2. The zero-order valence-corrected chi connectivity index (χ0v) is 15.3. The lowest BCUT2D eigenvalue weighted by atomic mass is 10.1. The van der Waals surface area contributed by atoms with E-state index in [1.165, 1.54) is 11.3 Å². The van der Waals surface area contributed by atoms with Crippen molar-refractivity contribution < 1.29 is 19.0 Å². The lowest BCUT2D eigenvalue weighted by molar-refractivity contribution is 0.102.